The third-order valence-corrected chi connectivity index (χ3v) is 7.38. The van der Waals surface area contributed by atoms with Crippen LogP contribution in [0.25, 0.3) is 10.3 Å². The van der Waals surface area contributed by atoms with E-state index in [1.807, 2.05) is 6.07 Å². The first-order valence-corrected chi connectivity index (χ1v) is 13.9. The maximum atomic E-state index is 10.9. The van der Waals surface area contributed by atoms with E-state index in [0.717, 1.165) is 47.7 Å². The molecule has 4 heterocycles. The SMILES string of the molecule is CC(C)c1noc(N2CCC(COc3nc4ccc(Oc5ccc(CS(=O)O)cc5)nc4s3)CC2)n1. The number of anilines is 1. The molecule has 1 aliphatic heterocycles. The molecule has 0 amide bonds. The van der Waals surface area contributed by atoms with E-state index in [9.17, 15) is 4.21 Å². The molecule has 10 nitrogen and oxygen atoms in total. The maximum Gasteiger partial charge on any atom is 0.324 e. The van der Waals surface area contributed by atoms with Crippen LogP contribution in [0.3, 0.4) is 0 Å². The normalized spacial score (nSPS) is 15.5. The van der Waals surface area contributed by atoms with Crippen LogP contribution in [-0.2, 0) is 16.8 Å². The molecule has 0 spiro atoms. The van der Waals surface area contributed by atoms with Crippen LogP contribution in [0.4, 0.5) is 6.01 Å². The van der Waals surface area contributed by atoms with Gasteiger partial charge in [0.1, 0.15) is 11.3 Å². The predicted molar refractivity (Wildman–Crippen MR) is 137 cm³/mol. The molecule has 190 valence electrons. The average Bonchev–Trinajstić information content (AvgIpc) is 3.51. The van der Waals surface area contributed by atoms with Crippen molar-refractivity contribution >= 4 is 38.8 Å². The Kier molecular flexibility index (Phi) is 7.44. The van der Waals surface area contributed by atoms with Gasteiger partial charge in [0.15, 0.2) is 21.7 Å². The van der Waals surface area contributed by atoms with Gasteiger partial charge in [0.05, 0.1) is 12.4 Å². The van der Waals surface area contributed by atoms with Gasteiger partial charge in [-0.1, -0.05) is 42.5 Å². The second-order valence-corrected chi connectivity index (χ2v) is 10.9. The standard InChI is InChI=1S/C24H27N5O5S2/c1-15(2)21-27-23(34-28-21)29-11-9-16(10-12-29)13-32-24-25-19-7-8-20(26-22(19)35-24)33-18-5-3-17(4-6-18)14-36(30)31/h3-8,15-16H,9-14H2,1-2H3,(H,30,31). The fraction of sp³-hybridized carbons (Fsp3) is 0.417. The lowest BCUT2D eigenvalue weighted by atomic mass is 9.98. The van der Waals surface area contributed by atoms with Gasteiger partial charge < -0.3 is 23.4 Å². The van der Waals surface area contributed by atoms with Crippen molar-refractivity contribution in [2.24, 2.45) is 5.92 Å². The monoisotopic (exact) mass is 529 g/mol. The van der Waals surface area contributed by atoms with Crippen molar-refractivity contribution in [1.29, 1.82) is 0 Å². The summed E-state index contributed by atoms with van der Waals surface area (Å²) in [7, 11) is 0. The molecule has 3 aromatic heterocycles. The van der Waals surface area contributed by atoms with Gasteiger partial charge in [-0.25, -0.2) is 14.2 Å². The lowest BCUT2D eigenvalue weighted by Crippen LogP contribution is -2.35. The molecule has 1 aliphatic rings. The fourth-order valence-corrected chi connectivity index (χ4v) is 5.15. The summed E-state index contributed by atoms with van der Waals surface area (Å²) >= 11 is -0.477. The van der Waals surface area contributed by atoms with Crippen LogP contribution in [0, 0.1) is 5.92 Å². The number of aromatic nitrogens is 4. The predicted octanol–water partition coefficient (Wildman–Crippen LogP) is 5.01. The molecule has 0 saturated carbocycles. The molecule has 0 radical (unpaired) electrons. The summed E-state index contributed by atoms with van der Waals surface area (Å²) < 4.78 is 37.2. The lowest BCUT2D eigenvalue weighted by molar-refractivity contribution is 0.219. The molecule has 12 heteroatoms. The first-order chi connectivity index (χ1) is 17.4. The second kappa shape index (κ2) is 10.9. The number of pyridine rings is 1. The highest BCUT2D eigenvalue weighted by atomic mass is 32.2. The molecule has 1 aromatic carbocycles. The molecule has 4 aromatic rings. The van der Waals surface area contributed by atoms with Gasteiger partial charge in [0, 0.05) is 25.1 Å². The number of fused-ring (bicyclic) bond motifs is 1. The van der Waals surface area contributed by atoms with Gasteiger partial charge >= 0.3 is 6.01 Å². The van der Waals surface area contributed by atoms with Crippen LogP contribution >= 0.6 is 11.3 Å². The van der Waals surface area contributed by atoms with Crippen LogP contribution in [0.1, 0.15) is 44.0 Å². The summed E-state index contributed by atoms with van der Waals surface area (Å²) in [6, 6.07) is 11.3. The lowest BCUT2D eigenvalue weighted by Gasteiger charge is -2.30. The number of benzene rings is 1. The zero-order valence-corrected chi connectivity index (χ0v) is 21.6. The third kappa shape index (κ3) is 6.00. The van der Waals surface area contributed by atoms with Gasteiger partial charge in [0.25, 0.3) is 5.19 Å². The summed E-state index contributed by atoms with van der Waals surface area (Å²) in [6.07, 6.45) is 1.96. The minimum absolute atomic E-state index is 0.0883. The quantitative estimate of drug-likeness (QED) is 0.296. The molecular weight excluding hydrogens is 502 g/mol. The Labute approximate surface area is 214 Å². The Morgan fingerprint density at radius 2 is 1.92 bits per heavy atom. The van der Waals surface area contributed by atoms with Gasteiger partial charge in [0.2, 0.25) is 5.88 Å². The minimum Gasteiger partial charge on any atom is -0.470 e. The van der Waals surface area contributed by atoms with E-state index in [1.165, 1.54) is 11.3 Å². The molecule has 1 unspecified atom stereocenters. The van der Waals surface area contributed by atoms with Crippen LogP contribution in [0.5, 0.6) is 16.8 Å². The van der Waals surface area contributed by atoms with E-state index in [-0.39, 0.29) is 11.7 Å². The van der Waals surface area contributed by atoms with E-state index in [0.29, 0.717) is 35.4 Å². The summed E-state index contributed by atoms with van der Waals surface area (Å²) in [5, 5.41) is 4.65. The van der Waals surface area contributed by atoms with Gasteiger partial charge in [-0.15, -0.1) is 0 Å². The molecule has 36 heavy (non-hydrogen) atoms. The molecule has 0 aliphatic carbocycles. The van der Waals surface area contributed by atoms with Crippen molar-refractivity contribution in [2.45, 2.75) is 38.4 Å². The molecule has 0 bridgehead atoms. The van der Waals surface area contributed by atoms with Crippen molar-refractivity contribution < 1.29 is 22.8 Å². The number of ether oxygens (including phenoxy) is 2. The van der Waals surface area contributed by atoms with Gasteiger partial charge in [-0.05, 0) is 42.5 Å². The Balaban J connectivity index is 1.14. The van der Waals surface area contributed by atoms with Crippen LogP contribution in [0.2, 0.25) is 0 Å². The Morgan fingerprint density at radius 1 is 1.14 bits per heavy atom. The number of piperidine rings is 1. The summed E-state index contributed by atoms with van der Waals surface area (Å²) in [6.45, 7) is 6.41. The number of thiazole rings is 1. The van der Waals surface area contributed by atoms with E-state index in [4.69, 9.17) is 18.5 Å². The molecule has 1 fully saturated rings. The van der Waals surface area contributed by atoms with Crippen LogP contribution in [0.15, 0.2) is 40.9 Å². The Bertz CT molecular complexity index is 1330. The van der Waals surface area contributed by atoms with E-state index >= 15 is 0 Å². The summed E-state index contributed by atoms with van der Waals surface area (Å²) in [5.41, 5.74) is 1.52. The highest BCUT2D eigenvalue weighted by Gasteiger charge is 2.24. The molecular formula is C24H27N5O5S2. The topological polar surface area (TPSA) is 124 Å². The maximum absolute atomic E-state index is 10.9. The van der Waals surface area contributed by atoms with E-state index < -0.39 is 11.1 Å². The first-order valence-electron chi connectivity index (χ1n) is 11.8. The van der Waals surface area contributed by atoms with Crippen molar-refractivity contribution in [1.82, 2.24) is 20.1 Å². The van der Waals surface area contributed by atoms with Crippen LogP contribution < -0.4 is 14.4 Å². The Hall–Kier alpha value is -3.09. The molecule has 1 saturated heterocycles. The number of hydrogen-bond donors (Lipinski definition) is 1. The van der Waals surface area contributed by atoms with Crippen LogP contribution in [-0.4, -0.2) is 48.6 Å². The Morgan fingerprint density at radius 3 is 2.61 bits per heavy atom. The average molecular weight is 530 g/mol. The smallest absolute Gasteiger partial charge is 0.324 e. The molecule has 1 N–H and O–H groups in total. The zero-order chi connectivity index (χ0) is 25.1. The largest absolute Gasteiger partial charge is 0.470 e. The molecule has 1 atom stereocenters. The van der Waals surface area contributed by atoms with Crippen molar-refractivity contribution in [2.75, 3.05) is 24.6 Å². The summed E-state index contributed by atoms with van der Waals surface area (Å²) in [4.78, 5) is 16.5. The van der Waals surface area contributed by atoms with Gasteiger partial charge in [-0.3, -0.25) is 0 Å². The number of hydrogen-bond acceptors (Lipinski definition) is 10. The van der Waals surface area contributed by atoms with Crippen molar-refractivity contribution in [3.63, 3.8) is 0 Å². The minimum atomic E-state index is -1.87. The number of rotatable bonds is 9. The second-order valence-electron chi connectivity index (χ2n) is 9.00. The first kappa shape index (κ1) is 24.6. The highest BCUT2D eigenvalue weighted by molar-refractivity contribution is 7.78. The highest BCUT2D eigenvalue weighted by Crippen LogP contribution is 2.31. The third-order valence-electron chi connectivity index (χ3n) is 5.92. The molecule has 5 rings (SSSR count). The number of nitrogens with zero attached hydrogens (tertiary/aromatic N) is 5. The van der Waals surface area contributed by atoms with Gasteiger partial charge in [-0.2, -0.15) is 4.98 Å². The van der Waals surface area contributed by atoms with E-state index in [1.54, 1.807) is 30.3 Å². The summed E-state index contributed by atoms with van der Waals surface area (Å²) in [5.74, 6) is 2.55. The van der Waals surface area contributed by atoms with Crippen molar-refractivity contribution in [3.8, 4) is 16.8 Å². The van der Waals surface area contributed by atoms with E-state index in [2.05, 4.69) is 38.9 Å². The fourth-order valence-electron chi connectivity index (χ4n) is 3.89. The van der Waals surface area contributed by atoms with Crippen molar-refractivity contribution in [3.05, 3.63) is 47.8 Å². The zero-order valence-electron chi connectivity index (χ0n) is 20.0.